The van der Waals surface area contributed by atoms with E-state index in [4.69, 9.17) is 0 Å². The third-order valence-corrected chi connectivity index (χ3v) is 6.43. The van der Waals surface area contributed by atoms with Crippen LogP contribution in [0.3, 0.4) is 0 Å². The molecule has 3 aromatic rings. The predicted molar refractivity (Wildman–Crippen MR) is 136 cm³/mol. The van der Waals surface area contributed by atoms with E-state index in [0.29, 0.717) is 0 Å². The third-order valence-electron chi connectivity index (χ3n) is 5.47. The molecule has 0 atom stereocenters. The van der Waals surface area contributed by atoms with E-state index in [2.05, 4.69) is 52.2 Å². The molecule has 0 aliphatic carbocycles. The van der Waals surface area contributed by atoms with Crippen LogP contribution in [-0.2, 0) is 13.0 Å². The summed E-state index contributed by atoms with van der Waals surface area (Å²) in [6, 6.07) is 18.3. The number of rotatable bonds is 12. The smallest absolute Gasteiger partial charge is 0.319 e. The minimum atomic E-state index is -0.119. The molecule has 2 amide bonds. The van der Waals surface area contributed by atoms with Gasteiger partial charge in [0.15, 0.2) is 0 Å². The van der Waals surface area contributed by atoms with Crippen LogP contribution in [0.4, 0.5) is 10.5 Å². The monoisotopic (exact) mass is 450 g/mol. The van der Waals surface area contributed by atoms with E-state index in [-0.39, 0.29) is 6.03 Å². The summed E-state index contributed by atoms with van der Waals surface area (Å²) in [7, 11) is 0. The summed E-state index contributed by atoms with van der Waals surface area (Å²) in [5.74, 6) is 2.04. The van der Waals surface area contributed by atoms with Crippen molar-refractivity contribution in [1.29, 1.82) is 0 Å². The molecule has 0 aliphatic rings. The number of nitrogens with one attached hydrogen (secondary N) is 2. The van der Waals surface area contributed by atoms with E-state index in [9.17, 15) is 4.79 Å². The number of amides is 2. The van der Waals surface area contributed by atoms with Crippen LogP contribution in [0.5, 0.6) is 0 Å². The van der Waals surface area contributed by atoms with Gasteiger partial charge in [-0.05, 0) is 37.1 Å². The Balaban J connectivity index is 1.43. The van der Waals surface area contributed by atoms with Gasteiger partial charge in [-0.25, -0.2) is 9.78 Å². The first-order valence-corrected chi connectivity index (χ1v) is 12.6. The van der Waals surface area contributed by atoms with Gasteiger partial charge in [0.1, 0.15) is 0 Å². The van der Waals surface area contributed by atoms with Gasteiger partial charge in [-0.1, -0.05) is 68.3 Å². The maximum absolute atomic E-state index is 12.2. The number of carbonyl (C=O) groups excluding carboxylic acids is 1. The molecule has 2 aromatic carbocycles. The predicted octanol–water partition coefficient (Wildman–Crippen LogP) is 6.15. The van der Waals surface area contributed by atoms with E-state index in [1.807, 2.05) is 54.5 Å². The molecule has 0 saturated heterocycles. The Morgan fingerprint density at radius 2 is 1.81 bits per heavy atom. The van der Waals surface area contributed by atoms with Crippen LogP contribution in [0.1, 0.15) is 37.4 Å². The summed E-state index contributed by atoms with van der Waals surface area (Å²) in [5.41, 5.74) is 5.50. The maximum Gasteiger partial charge on any atom is 0.319 e. The first-order chi connectivity index (χ1) is 15.7. The number of aromatic nitrogens is 2. The number of imidazole rings is 1. The quantitative estimate of drug-likeness (QED) is 0.326. The molecule has 2 N–H and O–H groups in total. The molecular formula is C26H34N4OS. The molecule has 0 fully saturated rings. The molecule has 170 valence electrons. The molecule has 0 unspecified atom stereocenters. The van der Waals surface area contributed by atoms with Crippen LogP contribution in [0.2, 0.25) is 0 Å². The Morgan fingerprint density at radius 1 is 1.03 bits per heavy atom. The Kier molecular flexibility index (Phi) is 9.69. The highest BCUT2D eigenvalue weighted by molar-refractivity contribution is 7.99. The van der Waals surface area contributed by atoms with Crippen molar-refractivity contribution in [3.05, 3.63) is 72.2 Å². The maximum atomic E-state index is 12.2. The lowest BCUT2D eigenvalue weighted by Crippen LogP contribution is -2.29. The van der Waals surface area contributed by atoms with Crippen molar-refractivity contribution < 1.29 is 4.79 Å². The van der Waals surface area contributed by atoms with Gasteiger partial charge in [0.05, 0.1) is 12.0 Å². The Bertz CT molecular complexity index is 971. The second kappa shape index (κ2) is 13.0. The average molecular weight is 451 g/mol. The number of urea groups is 1. The van der Waals surface area contributed by atoms with Crippen LogP contribution in [0.25, 0.3) is 11.3 Å². The molecule has 1 heterocycles. The highest BCUT2D eigenvalue weighted by Gasteiger charge is 2.09. The van der Waals surface area contributed by atoms with E-state index < -0.39 is 0 Å². The number of hydrogen-bond donors (Lipinski definition) is 2. The van der Waals surface area contributed by atoms with Crippen LogP contribution in [-0.4, -0.2) is 33.6 Å². The Hall–Kier alpha value is -2.73. The zero-order valence-corrected chi connectivity index (χ0v) is 20.0. The van der Waals surface area contributed by atoms with Gasteiger partial charge in [-0.2, -0.15) is 11.8 Å². The number of nitrogens with zero attached hydrogens (tertiary/aromatic N) is 2. The number of unbranched alkanes of at least 4 members (excludes halogenated alkanes) is 2. The number of benzene rings is 2. The van der Waals surface area contributed by atoms with Gasteiger partial charge in [0.25, 0.3) is 0 Å². The number of hydrogen-bond acceptors (Lipinski definition) is 3. The van der Waals surface area contributed by atoms with Crippen molar-refractivity contribution in [3.63, 3.8) is 0 Å². The van der Waals surface area contributed by atoms with Crippen molar-refractivity contribution in [1.82, 2.24) is 14.9 Å². The topological polar surface area (TPSA) is 59.0 Å². The first-order valence-electron chi connectivity index (χ1n) is 11.5. The minimum absolute atomic E-state index is 0.119. The summed E-state index contributed by atoms with van der Waals surface area (Å²) < 4.78 is 2.23. The molecule has 0 spiro atoms. The van der Waals surface area contributed by atoms with E-state index >= 15 is 0 Å². The largest absolute Gasteiger partial charge is 0.338 e. The van der Waals surface area contributed by atoms with E-state index in [1.165, 1.54) is 11.3 Å². The third kappa shape index (κ3) is 7.16. The molecule has 0 radical (unpaired) electrons. The fourth-order valence-corrected chi connectivity index (χ4v) is 4.49. The summed E-state index contributed by atoms with van der Waals surface area (Å²) >= 11 is 1.93. The van der Waals surface area contributed by atoms with Crippen LogP contribution < -0.4 is 10.6 Å². The molecular weight excluding hydrogens is 416 g/mol. The standard InChI is InChI=1S/C26H34N4OS/c1-3-4-10-16-27-26(31)29-24-14-9-8-11-22(24)15-18-32-19-17-30-20-28-25(21(30)2)23-12-6-5-7-13-23/h5-9,11-14,20H,3-4,10,15-19H2,1-2H3,(H2,27,29,31). The average Bonchev–Trinajstić information content (AvgIpc) is 3.18. The van der Waals surface area contributed by atoms with Gasteiger partial charge in [-0.15, -0.1) is 0 Å². The SMILES string of the molecule is CCCCCNC(=O)Nc1ccccc1CCSCCn1cnc(-c2ccccc2)c1C. The lowest BCUT2D eigenvalue weighted by atomic mass is 10.1. The van der Waals surface area contributed by atoms with Crippen molar-refractivity contribution in [2.75, 3.05) is 23.4 Å². The van der Waals surface area contributed by atoms with Gasteiger partial charge >= 0.3 is 6.03 Å². The molecule has 1 aromatic heterocycles. The van der Waals surface area contributed by atoms with Crippen LogP contribution >= 0.6 is 11.8 Å². The van der Waals surface area contributed by atoms with Crippen molar-refractivity contribution in [2.45, 2.75) is 46.1 Å². The van der Waals surface area contributed by atoms with Crippen LogP contribution in [0.15, 0.2) is 60.9 Å². The summed E-state index contributed by atoms with van der Waals surface area (Å²) in [4.78, 5) is 16.8. The molecule has 0 saturated carbocycles. The number of para-hydroxylation sites is 1. The van der Waals surface area contributed by atoms with Crippen molar-refractivity contribution in [3.8, 4) is 11.3 Å². The molecule has 0 aliphatic heterocycles. The molecule has 6 heteroatoms. The van der Waals surface area contributed by atoms with Gasteiger partial charge < -0.3 is 15.2 Å². The first kappa shape index (κ1) is 23.9. The highest BCUT2D eigenvalue weighted by Crippen LogP contribution is 2.22. The van der Waals surface area contributed by atoms with Crippen LogP contribution in [0, 0.1) is 6.92 Å². The fraction of sp³-hybridized carbons (Fsp3) is 0.385. The lowest BCUT2D eigenvalue weighted by molar-refractivity contribution is 0.252. The number of thioether (sulfide) groups is 1. The van der Waals surface area contributed by atoms with Crippen molar-refractivity contribution >= 4 is 23.5 Å². The van der Waals surface area contributed by atoms with E-state index in [0.717, 1.165) is 67.2 Å². The zero-order valence-electron chi connectivity index (χ0n) is 19.1. The Labute approximate surface area is 196 Å². The van der Waals surface area contributed by atoms with Gasteiger partial charge in [-0.3, -0.25) is 0 Å². The second-order valence-corrected chi connectivity index (χ2v) is 9.07. The fourth-order valence-electron chi connectivity index (χ4n) is 3.60. The number of anilines is 1. The summed E-state index contributed by atoms with van der Waals surface area (Å²) in [6.45, 7) is 5.95. The molecule has 32 heavy (non-hydrogen) atoms. The highest BCUT2D eigenvalue weighted by atomic mass is 32.2. The number of aryl methyl sites for hydroxylation is 2. The molecule has 0 bridgehead atoms. The van der Waals surface area contributed by atoms with Crippen molar-refractivity contribution in [2.24, 2.45) is 0 Å². The molecule has 5 nitrogen and oxygen atoms in total. The normalized spacial score (nSPS) is 10.8. The van der Waals surface area contributed by atoms with Gasteiger partial charge in [0.2, 0.25) is 0 Å². The summed E-state index contributed by atoms with van der Waals surface area (Å²) in [6.07, 6.45) is 6.18. The zero-order chi connectivity index (χ0) is 22.6. The summed E-state index contributed by atoms with van der Waals surface area (Å²) in [5, 5.41) is 5.95. The van der Waals surface area contributed by atoms with E-state index in [1.54, 1.807) is 0 Å². The molecule has 3 rings (SSSR count). The minimum Gasteiger partial charge on any atom is -0.338 e. The van der Waals surface area contributed by atoms with Gasteiger partial charge in [0, 0.05) is 35.8 Å². The second-order valence-electron chi connectivity index (χ2n) is 7.85. The number of carbonyl (C=O) groups is 1. The lowest BCUT2D eigenvalue weighted by Gasteiger charge is -2.12. The Morgan fingerprint density at radius 3 is 2.62 bits per heavy atom.